The fourth-order valence-corrected chi connectivity index (χ4v) is 2.23. The third-order valence-corrected chi connectivity index (χ3v) is 2.95. The lowest BCUT2D eigenvalue weighted by Gasteiger charge is -2.03. The third-order valence-electron chi connectivity index (χ3n) is 2.49. The minimum Gasteiger partial charge on any atom is -0.294 e. The number of halogens is 1. The van der Waals surface area contributed by atoms with E-state index in [4.69, 9.17) is 0 Å². The summed E-state index contributed by atoms with van der Waals surface area (Å²) in [5.41, 5.74) is 1.75. The Morgan fingerprint density at radius 2 is 2.18 bits per heavy atom. The average Bonchev–Trinajstić information content (AvgIpc) is 2.63. The van der Waals surface area contributed by atoms with Crippen molar-refractivity contribution in [2.75, 3.05) is 0 Å². The summed E-state index contributed by atoms with van der Waals surface area (Å²) >= 11 is 3.39. The van der Waals surface area contributed by atoms with Crippen LogP contribution in [-0.2, 0) is 13.5 Å². The van der Waals surface area contributed by atoms with Crippen molar-refractivity contribution in [3.8, 4) is 0 Å². The summed E-state index contributed by atoms with van der Waals surface area (Å²) in [7, 11) is 1.78. The van der Waals surface area contributed by atoms with Gasteiger partial charge in [-0.1, -0.05) is 15.9 Å². The van der Waals surface area contributed by atoms with Crippen LogP contribution in [0.5, 0.6) is 0 Å². The van der Waals surface area contributed by atoms with Gasteiger partial charge in [0.2, 0.25) is 0 Å². The molecular formula is C12H12BrN3O. The van der Waals surface area contributed by atoms with Gasteiger partial charge in [0.1, 0.15) is 12.2 Å². The number of carbonyl (C=O) groups excluding carboxylic acids is 1. The molecule has 0 saturated heterocycles. The predicted molar refractivity (Wildman–Crippen MR) is 67.9 cm³/mol. The van der Waals surface area contributed by atoms with Crippen molar-refractivity contribution in [2.45, 2.75) is 13.3 Å². The standard InChI is InChI=1S/C12H12BrN3O/c1-8-3-9(5-10(13)4-8)11(17)6-12-14-7-15-16(12)2/h3-5,7H,6H2,1-2H3. The van der Waals surface area contributed by atoms with E-state index in [0.717, 1.165) is 10.0 Å². The fraction of sp³-hybridized carbons (Fsp3) is 0.250. The van der Waals surface area contributed by atoms with Gasteiger partial charge in [-0.15, -0.1) is 0 Å². The molecule has 0 atom stereocenters. The lowest BCUT2D eigenvalue weighted by Crippen LogP contribution is -2.09. The molecule has 0 unspecified atom stereocenters. The smallest absolute Gasteiger partial charge is 0.170 e. The molecule has 88 valence electrons. The largest absolute Gasteiger partial charge is 0.294 e. The van der Waals surface area contributed by atoms with Gasteiger partial charge >= 0.3 is 0 Å². The van der Waals surface area contributed by atoms with Crippen LogP contribution in [0.25, 0.3) is 0 Å². The Morgan fingerprint density at radius 3 is 2.76 bits per heavy atom. The van der Waals surface area contributed by atoms with Crippen molar-refractivity contribution in [1.82, 2.24) is 14.8 Å². The summed E-state index contributed by atoms with van der Waals surface area (Å²) in [4.78, 5) is 16.1. The molecular weight excluding hydrogens is 282 g/mol. The monoisotopic (exact) mass is 293 g/mol. The number of aryl methyl sites for hydroxylation is 2. The third kappa shape index (κ3) is 2.79. The van der Waals surface area contributed by atoms with Gasteiger partial charge in [-0.25, -0.2) is 4.98 Å². The van der Waals surface area contributed by atoms with Gasteiger partial charge in [-0.2, -0.15) is 5.10 Å². The first-order chi connectivity index (χ1) is 8.06. The summed E-state index contributed by atoms with van der Waals surface area (Å²) in [6.45, 7) is 1.96. The minimum atomic E-state index is 0.0468. The fourth-order valence-electron chi connectivity index (χ4n) is 1.62. The highest BCUT2D eigenvalue weighted by Gasteiger charge is 2.11. The first-order valence-electron chi connectivity index (χ1n) is 5.19. The van der Waals surface area contributed by atoms with Crippen LogP contribution in [0.15, 0.2) is 29.0 Å². The summed E-state index contributed by atoms with van der Waals surface area (Å²) in [6.07, 6.45) is 1.72. The van der Waals surface area contributed by atoms with E-state index in [1.807, 2.05) is 25.1 Å². The molecule has 4 nitrogen and oxygen atoms in total. The van der Waals surface area contributed by atoms with Gasteiger partial charge in [-0.05, 0) is 30.7 Å². The Hall–Kier alpha value is -1.49. The summed E-state index contributed by atoms with van der Waals surface area (Å²) in [6, 6.07) is 5.67. The molecule has 0 aliphatic heterocycles. The molecule has 1 aromatic heterocycles. The number of hydrogen-bond donors (Lipinski definition) is 0. The number of Topliss-reactive ketones (excluding diaryl/α,β-unsaturated/α-hetero) is 1. The topological polar surface area (TPSA) is 47.8 Å². The summed E-state index contributed by atoms with van der Waals surface area (Å²) in [5.74, 6) is 0.720. The minimum absolute atomic E-state index is 0.0468. The van der Waals surface area contributed by atoms with Crippen LogP contribution in [0, 0.1) is 6.92 Å². The van der Waals surface area contributed by atoms with E-state index in [1.165, 1.54) is 6.33 Å². The number of rotatable bonds is 3. The summed E-state index contributed by atoms with van der Waals surface area (Å²) in [5, 5.41) is 3.94. The molecule has 1 heterocycles. The lowest BCUT2D eigenvalue weighted by molar-refractivity contribution is 0.0989. The Balaban J connectivity index is 2.23. The molecule has 0 amide bonds. The van der Waals surface area contributed by atoms with Crippen molar-refractivity contribution in [3.05, 3.63) is 46.0 Å². The van der Waals surface area contributed by atoms with E-state index in [9.17, 15) is 4.79 Å². The van der Waals surface area contributed by atoms with E-state index >= 15 is 0 Å². The van der Waals surface area contributed by atoms with Crippen LogP contribution in [-0.4, -0.2) is 20.5 Å². The molecule has 5 heteroatoms. The van der Waals surface area contributed by atoms with E-state index in [0.29, 0.717) is 11.4 Å². The van der Waals surface area contributed by atoms with Gasteiger partial charge < -0.3 is 0 Å². The zero-order chi connectivity index (χ0) is 12.4. The van der Waals surface area contributed by atoms with Gasteiger partial charge in [0.05, 0.1) is 6.42 Å². The maximum absolute atomic E-state index is 12.1. The second-order valence-corrected chi connectivity index (χ2v) is 4.83. The van der Waals surface area contributed by atoms with Crippen LogP contribution in [0.2, 0.25) is 0 Å². The first kappa shape index (κ1) is 12.0. The van der Waals surface area contributed by atoms with Crippen molar-refractivity contribution >= 4 is 21.7 Å². The number of ketones is 1. The maximum atomic E-state index is 12.1. The van der Waals surface area contributed by atoms with Crippen molar-refractivity contribution < 1.29 is 4.79 Å². The normalized spacial score (nSPS) is 10.5. The Morgan fingerprint density at radius 1 is 1.41 bits per heavy atom. The van der Waals surface area contributed by atoms with E-state index in [-0.39, 0.29) is 12.2 Å². The summed E-state index contributed by atoms with van der Waals surface area (Å²) < 4.78 is 2.53. The molecule has 0 spiro atoms. The predicted octanol–water partition coefficient (Wildman–Crippen LogP) is 2.31. The highest BCUT2D eigenvalue weighted by atomic mass is 79.9. The molecule has 0 fully saturated rings. The van der Waals surface area contributed by atoms with E-state index < -0.39 is 0 Å². The van der Waals surface area contributed by atoms with Crippen molar-refractivity contribution in [3.63, 3.8) is 0 Å². The van der Waals surface area contributed by atoms with E-state index in [1.54, 1.807) is 11.7 Å². The molecule has 2 aromatic rings. The van der Waals surface area contributed by atoms with Gasteiger partial charge in [0.25, 0.3) is 0 Å². The van der Waals surface area contributed by atoms with Crippen LogP contribution >= 0.6 is 15.9 Å². The lowest BCUT2D eigenvalue weighted by atomic mass is 10.1. The van der Waals surface area contributed by atoms with Crippen LogP contribution in [0.4, 0.5) is 0 Å². The Labute approximate surface area is 108 Å². The number of aromatic nitrogens is 3. The quantitative estimate of drug-likeness (QED) is 0.816. The van der Waals surface area contributed by atoms with Crippen LogP contribution in [0.1, 0.15) is 21.7 Å². The number of nitrogens with zero attached hydrogens (tertiary/aromatic N) is 3. The average molecular weight is 294 g/mol. The zero-order valence-corrected chi connectivity index (χ0v) is 11.2. The van der Waals surface area contributed by atoms with Crippen LogP contribution < -0.4 is 0 Å². The molecule has 0 saturated carbocycles. The molecule has 1 aromatic carbocycles. The van der Waals surface area contributed by atoms with Gasteiger partial charge in [-0.3, -0.25) is 9.48 Å². The molecule has 0 N–H and O–H groups in total. The number of benzene rings is 1. The molecule has 2 rings (SSSR count). The molecule has 0 radical (unpaired) electrons. The van der Waals surface area contributed by atoms with Crippen molar-refractivity contribution in [1.29, 1.82) is 0 Å². The Kier molecular flexibility index (Phi) is 3.38. The van der Waals surface area contributed by atoms with Crippen molar-refractivity contribution in [2.24, 2.45) is 7.05 Å². The first-order valence-corrected chi connectivity index (χ1v) is 5.99. The number of carbonyl (C=O) groups is 1. The second kappa shape index (κ2) is 4.79. The Bertz CT molecular complexity index is 542. The van der Waals surface area contributed by atoms with Gasteiger partial charge in [0, 0.05) is 17.1 Å². The highest BCUT2D eigenvalue weighted by Crippen LogP contribution is 2.16. The highest BCUT2D eigenvalue weighted by molar-refractivity contribution is 9.10. The maximum Gasteiger partial charge on any atom is 0.170 e. The molecule has 0 aliphatic carbocycles. The molecule has 0 aliphatic rings. The van der Waals surface area contributed by atoms with E-state index in [2.05, 4.69) is 26.0 Å². The molecule has 0 bridgehead atoms. The van der Waals surface area contributed by atoms with Crippen LogP contribution in [0.3, 0.4) is 0 Å². The molecule has 17 heavy (non-hydrogen) atoms. The SMILES string of the molecule is Cc1cc(Br)cc(C(=O)Cc2ncnn2C)c1. The number of hydrogen-bond acceptors (Lipinski definition) is 3. The van der Waals surface area contributed by atoms with Gasteiger partial charge in [0.15, 0.2) is 5.78 Å². The zero-order valence-electron chi connectivity index (χ0n) is 9.64. The second-order valence-electron chi connectivity index (χ2n) is 3.92.